The molecule has 0 saturated carbocycles. The lowest BCUT2D eigenvalue weighted by Crippen LogP contribution is -2.17. The first kappa shape index (κ1) is 13.4. The van der Waals surface area contributed by atoms with Crippen molar-refractivity contribution < 1.29 is 9.59 Å². The van der Waals surface area contributed by atoms with Crippen LogP contribution in [0.4, 0.5) is 5.69 Å². The quantitative estimate of drug-likeness (QED) is 0.659. The predicted octanol–water partition coefficient (Wildman–Crippen LogP) is 1.94. The summed E-state index contributed by atoms with van der Waals surface area (Å²) < 4.78 is 0. The first-order chi connectivity index (χ1) is 8.17. The molecule has 0 fully saturated rings. The maximum Gasteiger partial charge on any atom is 0.251 e. The predicted molar refractivity (Wildman–Crippen MR) is 71.4 cm³/mol. The fraction of sp³-hybridized carbons (Fsp3) is 0.167. The Bertz CT molecular complexity index is 427. The minimum absolute atomic E-state index is 0.151. The lowest BCUT2D eigenvalue weighted by atomic mass is 10.2. The summed E-state index contributed by atoms with van der Waals surface area (Å²) in [5.74, 6) is -0.348. The van der Waals surface area contributed by atoms with E-state index in [-0.39, 0.29) is 11.8 Å². The molecule has 0 bridgehead atoms. The number of halogens is 1. The summed E-state index contributed by atoms with van der Waals surface area (Å²) in [5.41, 5.74) is 1.21. The van der Waals surface area contributed by atoms with Crippen LogP contribution in [-0.2, 0) is 4.79 Å². The molecule has 2 amide bonds. The van der Waals surface area contributed by atoms with Gasteiger partial charge in [0.15, 0.2) is 0 Å². The molecule has 1 aromatic carbocycles. The number of carbonyl (C=O) groups excluding carboxylic acids is 2. The third-order valence-corrected chi connectivity index (χ3v) is 2.37. The van der Waals surface area contributed by atoms with E-state index in [2.05, 4.69) is 26.6 Å². The van der Waals surface area contributed by atoms with Gasteiger partial charge in [0.05, 0.1) is 0 Å². The molecule has 0 aliphatic rings. The molecule has 0 radical (unpaired) electrons. The first-order valence-electron chi connectivity index (χ1n) is 5.03. The van der Waals surface area contributed by atoms with Gasteiger partial charge in [0.25, 0.3) is 5.91 Å². The van der Waals surface area contributed by atoms with E-state index in [1.807, 2.05) is 0 Å². The first-order valence-corrected chi connectivity index (χ1v) is 6.15. The Morgan fingerprint density at radius 3 is 2.47 bits per heavy atom. The number of allylic oxidation sites excluding steroid dienone is 1. The molecule has 0 saturated heterocycles. The van der Waals surface area contributed by atoms with Crippen molar-refractivity contribution in [3.63, 3.8) is 0 Å². The van der Waals surface area contributed by atoms with E-state index in [9.17, 15) is 9.59 Å². The number of alkyl halides is 1. The zero-order chi connectivity index (χ0) is 12.7. The molecule has 1 rings (SSSR count). The van der Waals surface area contributed by atoms with E-state index in [0.29, 0.717) is 16.6 Å². The summed E-state index contributed by atoms with van der Waals surface area (Å²) in [6.45, 7) is 0. The van der Waals surface area contributed by atoms with Crippen molar-refractivity contribution in [1.82, 2.24) is 5.32 Å². The van der Waals surface area contributed by atoms with Crippen LogP contribution in [0.1, 0.15) is 10.4 Å². The SMILES string of the molecule is CNC(=O)c1ccc(NC(=O)/C=C/CBr)cc1. The van der Waals surface area contributed by atoms with Crippen LogP contribution >= 0.6 is 15.9 Å². The normalized spacial score (nSPS) is 10.2. The number of hydrogen-bond donors (Lipinski definition) is 2. The van der Waals surface area contributed by atoms with Crippen LogP contribution in [0.25, 0.3) is 0 Å². The molecule has 2 N–H and O–H groups in total. The molecule has 0 aliphatic heterocycles. The standard InChI is InChI=1S/C12H13BrN2O2/c1-14-12(17)9-4-6-10(7-5-9)15-11(16)3-2-8-13/h2-7H,8H2,1H3,(H,14,17)(H,15,16)/b3-2+. The maximum atomic E-state index is 11.3. The molecular formula is C12H13BrN2O2. The largest absolute Gasteiger partial charge is 0.355 e. The Morgan fingerprint density at radius 1 is 1.29 bits per heavy atom. The van der Waals surface area contributed by atoms with E-state index >= 15 is 0 Å². The van der Waals surface area contributed by atoms with Crippen molar-refractivity contribution in [3.05, 3.63) is 42.0 Å². The summed E-state index contributed by atoms with van der Waals surface area (Å²) in [5, 5.41) is 5.84. The summed E-state index contributed by atoms with van der Waals surface area (Å²) in [6.07, 6.45) is 3.15. The summed E-state index contributed by atoms with van der Waals surface area (Å²) in [7, 11) is 1.57. The molecule has 0 aromatic heterocycles. The van der Waals surface area contributed by atoms with Gasteiger partial charge in [-0.25, -0.2) is 0 Å². The zero-order valence-corrected chi connectivity index (χ0v) is 11.0. The van der Waals surface area contributed by atoms with Gasteiger partial charge in [-0.1, -0.05) is 22.0 Å². The van der Waals surface area contributed by atoms with E-state index < -0.39 is 0 Å². The van der Waals surface area contributed by atoms with Crippen molar-refractivity contribution in [1.29, 1.82) is 0 Å². The third-order valence-electron chi connectivity index (χ3n) is 2.00. The molecule has 1 aromatic rings. The van der Waals surface area contributed by atoms with Gasteiger partial charge in [-0.15, -0.1) is 0 Å². The van der Waals surface area contributed by atoms with Crippen LogP contribution in [-0.4, -0.2) is 24.2 Å². The van der Waals surface area contributed by atoms with Crippen molar-refractivity contribution in [3.8, 4) is 0 Å². The van der Waals surface area contributed by atoms with E-state index in [1.54, 1.807) is 37.4 Å². The van der Waals surface area contributed by atoms with Crippen LogP contribution in [0.3, 0.4) is 0 Å². The number of rotatable bonds is 4. The highest BCUT2D eigenvalue weighted by molar-refractivity contribution is 9.09. The number of nitrogens with one attached hydrogen (secondary N) is 2. The van der Waals surface area contributed by atoms with Crippen molar-refractivity contribution in [2.75, 3.05) is 17.7 Å². The maximum absolute atomic E-state index is 11.3. The lowest BCUT2D eigenvalue weighted by molar-refractivity contribution is -0.111. The number of hydrogen-bond acceptors (Lipinski definition) is 2. The fourth-order valence-corrected chi connectivity index (χ4v) is 1.37. The van der Waals surface area contributed by atoms with Crippen molar-refractivity contribution >= 4 is 33.4 Å². The van der Waals surface area contributed by atoms with Gasteiger partial charge in [0.1, 0.15) is 0 Å². The Balaban J connectivity index is 2.65. The zero-order valence-electron chi connectivity index (χ0n) is 9.37. The summed E-state index contributed by atoms with van der Waals surface area (Å²) in [4.78, 5) is 22.6. The Hall–Kier alpha value is -1.62. The molecule has 4 nitrogen and oxygen atoms in total. The number of carbonyl (C=O) groups is 2. The lowest BCUT2D eigenvalue weighted by Gasteiger charge is -2.03. The van der Waals surface area contributed by atoms with Gasteiger partial charge in [0, 0.05) is 29.7 Å². The molecule has 0 atom stereocenters. The molecule has 0 heterocycles. The Morgan fingerprint density at radius 2 is 1.94 bits per heavy atom. The van der Waals surface area contributed by atoms with Gasteiger partial charge >= 0.3 is 0 Å². The van der Waals surface area contributed by atoms with E-state index in [0.717, 1.165) is 0 Å². The Kier molecular flexibility index (Phi) is 5.42. The van der Waals surface area contributed by atoms with Crippen molar-refractivity contribution in [2.45, 2.75) is 0 Å². The van der Waals surface area contributed by atoms with Crippen LogP contribution < -0.4 is 10.6 Å². The van der Waals surface area contributed by atoms with E-state index in [1.165, 1.54) is 6.08 Å². The molecule has 5 heteroatoms. The smallest absolute Gasteiger partial charge is 0.251 e. The van der Waals surface area contributed by atoms with Crippen LogP contribution in [0.2, 0.25) is 0 Å². The van der Waals surface area contributed by atoms with Crippen molar-refractivity contribution in [2.24, 2.45) is 0 Å². The molecule has 0 unspecified atom stereocenters. The highest BCUT2D eigenvalue weighted by atomic mass is 79.9. The minimum atomic E-state index is -0.197. The second kappa shape index (κ2) is 6.85. The van der Waals surface area contributed by atoms with Gasteiger partial charge < -0.3 is 10.6 Å². The fourth-order valence-electron chi connectivity index (χ4n) is 1.18. The molecule has 17 heavy (non-hydrogen) atoms. The third kappa shape index (κ3) is 4.40. The number of anilines is 1. The molecular weight excluding hydrogens is 284 g/mol. The Labute approximate surface area is 108 Å². The average Bonchev–Trinajstić information content (AvgIpc) is 2.36. The topological polar surface area (TPSA) is 58.2 Å². The minimum Gasteiger partial charge on any atom is -0.355 e. The van der Waals surface area contributed by atoms with Crippen LogP contribution in [0.15, 0.2) is 36.4 Å². The number of amides is 2. The van der Waals surface area contributed by atoms with Gasteiger partial charge in [-0.2, -0.15) is 0 Å². The molecule has 0 spiro atoms. The monoisotopic (exact) mass is 296 g/mol. The molecule has 90 valence electrons. The van der Waals surface area contributed by atoms with E-state index in [4.69, 9.17) is 0 Å². The number of benzene rings is 1. The summed E-state index contributed by atoms with van der Waals surface area (Å²) >= 11 is 3.19. The second-order valence-electron chi connectivity index (χ2n) is 3.20. The van der Waals surface area contributed by atoms with Crippen LogP contribution in [0, 0.1) is 0 Å². The average molecular weight is 297 g/mol. The molecule has 0 aliphatic carbocycles. The summed E-state index contributed by atoms with van der Waals surface area (Å²) in [6, 6.07) is 6.68. The second-order valence-corrected chi connectivity index (χ2v) is 3.85. The van der Waals surface area contributed by atoms with Gasteiger partial charge in [-0.05, 0) is 24.3 Å². The van der Waals surface area contributed by atoms with Gasteiger partial charge in [0.2, 0.25) is 5.91 Å². The highest BCUT2D eigenvalue weighted by Gasteiger charge is 2.02. The van der Waals surface area contributed by atoms with Crippen LogP contribution in [0.5, 0.6) is 0 Å². The highest BCUT2D eigenvalue weighted by Crippen LogP contribution is 2.09. The van der Waals surface area contributed by atoms with Gasteiger partial charge in [-0.3, -0.25) is 9.59 Å².